The first-order valence-corrected chi connectivity index (χ1v) is 9.93. The molecule has 0 radical (unpaired) electrons. The van der Waals surface area contributed by atoms with Gasteiger partial charge in [-0.05, 0) is 44.8 Å². The van der Waals surface area contributed by atoms with E-state index < -0.39 is 0 Å². The minimum absolute atomic E-state index is 0.221. The molecule has 1 saturated carbocycles. The topological polar surface area (TPSA) is 57.7 Å². The van der Waals surface area contributed by atoms with Gasteiger partial charge in [-0.2, -0.15) is 10.4 Å². The molecule has 0 unspecified atom stereocenters. The number of nitrogens with zero attached hydrogens (tertiary/aromatic N) is 5. The summed E-state index contributed by atoms with van der Waals surface area (Å²) in [4.78, 5) is 6.88. The molecule has 0 amide bonds. The van der Waals surface area contributed by atoms with Crippen LogP contribution in [0.4, 0.5) is 0 Å². The molecular weight excluding hydrogens is 346 g/mol. The van der Waals surface area contributed by atoms with Crippen molar-refractivity contribution in [2.24, 2.45) is 5.92 Å². The Balaban J connectivity index is 1.59. The lowest BCUT2D eigenvalue weighted by atomic mass is 9.97. The third kappa shape index (κ3) is 3.77. The van der Waals surface area contributed by atoms with E-state index in [4.69, 9.17) is 22.0 Å². The highest BCUT2D eigenvalue weighted by Gasteiger charge is 2.26. The zero-order chi connectivity index (χ0) is 17.9. The van der Waals surface area contributed by atoms with Crippen molar-refractivity contribution in [2.75, 3.05) is 13.1 Å². The van der Waals surface area contributed by atoms with Crippen molar-refractivity contribution >= 4 is 11.6 Å². The summed E-state index contributed by atoms with van der Waals surface area (Å²) in [7, 11) is 0. The summed E-state index contributed by atoms with van der Waals surface area (Å²) in [5.74, 6) is 1.55. The maximum atomic E-state index is 9.11. The van der Waals surface area contributed by atoms with Crippen LogP contribution < -0.4 is 0 Å². The molecule has 1 aliphatic carbocycles. The molecule has 0 N–H and O–H groups in total. The Hall–Kier alpha value is -1.90. The second-order valence-electron chi connectivity index (χ2n) is 7.48. The number of halogens is 1. The predicted molar refractivity (Wildman–Crippen MR) is 101 cm³/mol. The Morgan fingerprint density at radius 2 is 1.96 bits per heavy atom. The summed E-state index contributed by atoms with van der Waals surface area (Å²) in [6.07, 6.45) is 10.8. The van der Waals surface area contributed by atoms with Crippen LogP contribution in [0.1, 0.15) is 55.7 Å². The van der Waals surface area contributed by atoms with E-state index in [0.29, 0.717) is 10.9 Å². The van der Waals surface area contributed by atoms with E-state index in [-0.39, 0.29) is 5.92 Å². The van der Waals surface area contributed by atoms with Crippen LogP contribution >= 0.6 is 11.6 Å². The molecule has 5 nitrogen and oxygen atoms in total. The van der Waals surface area contributed by atoms with E-state index in [1.54, 1.807) is 12.3 Å². The number of aromatic nitrogens is 3. The van der Waals surface area contributed by atoms with E-state index in [0.717, 1.165) is 38.3 Å². The smallest absolute Gasteiger partial charge is 0.154 e. The molecule has 26 heavy (non-hydrogen) atoms. The standard InChI is InChI=1S/C20H24ClN5/c21-18-5-8-23-19(11-18)26-14-17(20(24-26)16-3-1-2-4-16)13-25-9-6-15(12-22)7-10-25/h5,8,11,14-16H,1-4,6-7,9-10,13H2. The molecule has 1 saturated heterocycles. The summed E-state index contributed by atoms with van der Waals surface area (Å²) < 4.78 is 1.89. The van der Waals surface area contributed by atoms with Gasteiger partial charge in [0.15, 0.2) is 5.82 Å². The van der Waals surface area contributed by atoms with Gasteiger partial charge in [-0.3, -0.25) is 4.90 Å². The minimum atomic E-state index is 0.221. The molecule has 2 aliphatic rings. The zero-order valence-corrected chi connectivity index (χ0v) is 15.7. The molecule has 0 bridgehead atoms. The monoisotopic (exact) mass is 369 g/mol. The largest absolute Gasteiger partial charge is 0.299 e. The average Bonchev–Trinajstić information content (AvgIpc) is 3.32. The van der Waals surface area contributed by atoms with Crippen molar-refractivity contribution in [3.63, 3.8) is 0 Å². The molecular formula is C20H24ClN5. The number of nitriles is 1. The van der Waals surface area contributed by atoms with E-state index in [1.165, 1.54) is 36.9 Å². The molecule has 2 aromatic heterocycles. The van der Waals surface area contributed by atoms with Crippen LogP contribution in [0.5, 0.6) is 0 Å². The van der Waals surface area contributed by atoms with Crippen molar-refractivity contribution in [3.05, 3.63) is 40.8 Å². The number of piperidine rings is 1. The maximum absolute atomic E-state index is 9.11. The van der Waals surface area contributed by atoms with Crippen LogP contribution in [-0.2, 0) is 6.54 Å². The lowest BCUT2D eigenvalue weighted by Gasteiger charge is -2.29. The first-order chi connectivity index (χ1) is 12.7. The summed E-state index contributed by atoms with van der Waals surface area (Å²) in [5, 5.41) is 14.7. The predicted octanol–water partition coefficient (Wildman–Crippen LogP) is 4.31. The minimum Gasteiger partial charge on any atom is -0.299 e. The number of hydrogen-bond donors (Lipinski definition) is 0. The number of likely N-dealkylation sites (tertiary alicyclic amines) is 1. The number of pyridine rings is 1. The highest BCUT2D eigenvalue weighted by atomic mass is 35.5. The lowest BCUT2D eigenvalue weighted by molar-refractivity contribution is 0.197. The van der Waals surface area contributed by atoms with Gasteiger partial charge in [0.25, 0.3) is 0 Å². The molecule has 2 fully saturated rings. The molecule has 2 aromatic rings. The van der Waals surface area contributed by atoms with Gasteiger partial charge in [-0.15, -0.1) is 0 Å². The summed E-state index contributed by atoms with van der Waals surface area (Å²) in [6.45, 7) is 2.89. The molecule has 0 atom stereocenters. The van der Waals surface area contributed by atoms with Crippen LogP contribution in [0.25, 0.3) is 5.82 Å². The SMILES string of the molecule is N#CC1CCN(Cc2cn(-c3cc(Cl)ccn3)nc2C2CCCC2)CC1. The maximum Gasteiger partial charge on any atom is 0.154 e. The first-order valence-electron chi connectivity index (χ1n) is 9.55. The third-order valence-electron chi connectivity index (χ3n) is 5.67. The van der Waals surface area contributed by atoms with Crippen LogP contribution in [0.2, 0.25) is 5.02 Å². The van der Waals surface area contributed by atoms with Gasteiger partial charge < -0.3 is 0 Å². The zero-order valence-electron chi connectivity index (χ0n) is 14.9. The molecule has 6 heteroatoms. The van der Waals surface area contributed by atoms with Gasteiger partial charge in [0.05, 0.1) is 11.8 Å². The van der Waals surface area contributed by atoms with Gasteiger partial charge >= 0.3 is 0 Å². The van der Waals surface area contributed by atoms with E-state index in [2.05, 4.69) is 22.1 Å². The van der Waals surface area contributed by atoms with Crippen molar-refractivity contribution in [2.45, 2.75) is 51.0 Å². The average molecular weight is 370 g/mol. The summed E-state index contributed by atoms with van der Waals surface area (Å²) >= 11 is 6.14. The fraction of sp³-hybridized carbons (Fsp3) is 0.550. The van der Waals surface area contributed by atoms with Crippen molar-refractivity contribution in [3.8, 4) is 11.9 Å². The van der Waals surface area contributed by atoms with Gasteiger partial charge in [0, 0.05) is 47.4 Å². The van der Waals surface area contributed by atoms with Gasteiger partial charge in [0.2, 0.25) is 0 Å². The van der Waals surface area contributed by atoms with Crippen LogP contribution in [0, 0.1) is 17.2 Å². The van der Waals surface area contributed by atoms with Crippen LogP contribution in [0.3, 0.4) is 0 Å². The first kappa shape index (κ1) is 17.5. The van der Waals surface area contributed by atoms with Gasteiger partial charge in [0.1, 0.15) is 0 Å². The molecule has 0 spiro atoms. The number of rotatable bonds is 4. The molecule has 1 aliphatic heterocycles. The van der Waals surface area contributed by atoms with Gasteiger partial charge in [-0.1, -0.05) is 24.4 Å². The van der Waals surface area contributed by atoms with E-state index in [1.807, 2.05) is 10.7 Å². The second-order valence-corrected chi connectivity index (χ2v) is 7.91. The summed E-state index contributed by atoms with van der Waals surface area (Å²) in [6, 6.07) is 6.05. The lowest BCUT2D eigenvalue weighted by Crippen LogP contribution is -2.33. The highest BCUT2D eigenvalue weighted by molar-refractivity contribution is 6.30. The Morgan fingerprint density at radius 3 is 2.65 bits per heavy atom. The summed E-state index contributed by atoms with van der Waals surface area (Å²) in [5.41, 5.74) is 2.53. The fourth-order valence-electron chi connectivity index (χ4n) is 4.19. The molecule has 136 valence electrons. The molecule has 3 heterocycles. The normalized spacial score (nSPS) is 19.7. The van der Waals surface area contributed by atoms with Crippen LogP contribution in [-0.4, -0.2) is 32.8 Å². The Kier molecular flexibility index (Phi) is 5.23. The molecule has 0 aromatic carbocycles. The third-order valence-corrected chi connectivity index (χ3v) is 5.91. The van der Waals surface area contributed by atoms with Gasteiger partial charge in [-0.25, -0.2) is 9.67 Å². The fourth-order valence-corrected chi connectivity index (χ4v) is 4.34. The second kappa shape index (κ2) is 7.77. The Labute approximate surface area is 159 Å². The van der Waals surface area contributed by atoms with Crippen molar-refractivity contribution < 1.29 is 0 Å². The molecule has 4 rings (SSSR count). The number of hydrogen-bond acceptors (Lipinski definition) is 4. The van der Waals surface area contributed by atoms with Crippen molar-refractivity contribution in [1.29, 1.82) is 5.26 Å². The van der Waals surface area contributed by atoms with E-state index in [9.17, 15) is 0 Å². The van der Waals surface area contributed by atoms with Crippen molar-refractivity contribution in [1.82, 2.24) is 19.7 Å². The Bertz CT molecular complexity index is 795. The van der Waals surface area contributed by atoms with E-state index >= 15 is 0 Å². The highest BCUT2D eigenvalue weighted by Crippen LogP contribution is 2.36. The van der Waals surface area contributed by atoms with Crippen LogP contribution in [0.15, 0.2) is 24.5 Å². The Morgan fingerprint density at radius 1 is 1.19 bits per heavy atom. The quantitative estimate of drug-likeness (QED) is 0.805.